The van der Waals surface area contributed by atoms with Crippen molar-refractivity contribution in [1.82, 2.24) is 0 Å². The average Bonchev–Trinajstić information content (AvgIpc) is 2.17. The summed E-state index contributed by atoms with van der Waals surface area (Å²) < 4.78 is 24.7. The van der Waals surface area contributed by atoms with Gasteiger partial charge in [-0.05, 0) is 24.2 Å². The van der Waals surface area contributed by atoms with Gasteiger partial charge in [-0.15, -0.1) is 0 Å². The maximum absolute atomic E-state index is 12.3. The minimum atomic E-state index is -2.11. The zero-order chi connectivity index (χ0) is 8.59. The second-order valence-corrected chi connectivity index (χ2v) is 3.93. The van der Waals surface area contributed by atoms with Gasteiger partial charge in [-0.1, -0.05) is 20.8 Å². The van der Waals surface area contributed by atoms with Gasteiger partial charge in [0, 0.05) is 5.92 Å². The summed E-state index contributed by atoms with van der Waals surface area (Å²) >= 11 is 0. The monoisotopic (exact) mass is 162 g/mol. The normalized spacial score (nSPS) is 45.3. The number of alkyl halides is 2. The number of hydrogen-bond acceptors (Lipinski definition) is 0. The molecule has 0 N–H and O–H groups in total. The molecule has 4 atom stereocenters. The summed E-state index contributed by atoms with van der Waals surface area (Å²) in [5.74, 6) is 0.794. The Kier molecular flexibility index (Phi) is 2.50. The van der Waals surface area contributed by atoms with E-state index in [1.165, 1.54) is 0 Å². The molecule has 4 unspecified atom stereocenters. The van der Waals surface area contributed by atoms with E-state index in [1.54, 1.807) is 0 Å². The Labute approximate surface area is 67.0 Å². The van der Waals surface area contributed by atoms with Gasteiger partial charge in [-0.2, -0.15) is 0 Å². The Morgan fingerprint density at radius 1 is 1.09 bits per heavy atom. The van der Waals surface area contributed by atoms with E-state index in [-0.39, 0.29) is 11.8 Å². The number of hydrogen-bond donors (Lipinski definition) is 0. The third kappa shape index (κ3) is 1.54. The lowest BCUT2D eigenvalue weighted by Crippen LogP contribution is -2.16. The van der Waals surface area contributed by atoms with Crippen LogP contribution < -0.4 is 0 Å². The highest BCUT2D eigenvalue weighted by Crippen LogP contribution is 2.43. The van der Waals surface area contributed by atoms with Crippen LogP contribution in [0.1, 0.15) is 27.2 Å². The van der Waals surface area contributed by atoms with Gasteiger partial charge in [0.05, 0.1) is 0 Å². The molecule has 0 amide bonds. The molecular weight excluding hydrogens is 146 g/mol. The molecule has 0 aromatic heterocycles. The van der Waals surface area contributed by atoms with Crippen molar-refractivity contribution in [3.05, 3.63) is 0 Å². The smallest absolute Gasteiger partial charge is 0.210 e. The summed E-state index contributed by atoms with van der Waals surface area (Å²) in [5, 5.41) is 0. The minimum Gasteiger partial charge on any atom is -0.210 e. The van der Waals surface area contributed by atoms with Crippen LogP contribution in [0.2, 0.25) is 0 Å². The first-order valence-electron chi connectivity index (χ1n) is 4.32. The summed E-state index contributed by atoms with van der Waals surface area (Å²) in [6, 6.07) is 0. The predicted molar refractivity (Wildman–Crippen MR) is 41.6 cm³/mol. The second kappa shape index (κ2) is 3.08. The van der Waals surface area contributed by atoms with E-state index in [9.17, 15) is 8.78 Å². The summed E-state index contributed by atoms with van der Waals surface area (Å²) in [4.78, 5) is 0. The summed E-state index contributed by atoms with van der Waals surface area (Å²) in [7, 11) is 0. The molecule has 2 heteroatoms. The van der Waals surface area contributed by atoms with Crippen LogP contribution in [-0.2, 0) is 0 Å². The quantitative estimate of drug-likeness (QED) is 0.555. The molecule has 11 heavy (non-hydrogen) atoms. The van der Waals surface area contributed by atoms with Crippen molar-refractivity contribution in [2.75, 3.05) is 0 Å². The lowest BCUT2D eigenvalue weighted by Gasteiger charge is -2.17. The summed E-state index contributed by atoms with van der Waals surface area (Å²) in [6.07, 6.45) is -1.41. The first kappa shape index (κ1) is 8.95. The Bertz CT molecular complexity index is 134. The van der Waals surface area contributed by atoms with Crippen LogP contribution in [-0.4, -0.2) is 6.43 Å². The highest BCUT2D eigenvalue weighted by molar-refractivity contribution is 4.85. The van der Waals surface area contributed by atoms with Gasteiger partial charge in [0.2, 0.25) is 6.43 Å². The Morgan fingerprint density at radius 2 is 1.64 bits per heavy atom. The molecule has 0 aromatic carbocycles. The molecule has 1 rings (SSSR count). The van der Waals surface area contributed by atoms with Gasteiger partial charge in [0.25, 0.3) is 0 Å². The molecule has 0 aliphatic heterocycles. The standard InChI is InChI=1S/C9H16F2/c1-5-4-8(9(10)11)7(3)6(5)2/h5-9H,4H2,1-3H3. The van der Waals surface area contributed by atoms with E-state index in [4.69, 9.17) is 0 Å². The molecule has 66 valence electrons. The summed E-state index contributed by atoms with van der Waals surface area (Å²) in [6.45, 7) is 6.10. The molecule has 1 saturated carbocycles. The molecule has 0 aromatic rings. The lowest BCUT2D eigenvalue weighted by atomic mass is 9.91. The van der Waals surface area contributed by atoms with Crippen LogP contribution in [0.3, 0.4) is 0 Å². The van der Waals surface area contributed by atoms with E-state index in [2.05, 4.69) is 13.8 Å². The molecule has 0 bridgehead atoms. The van der Waals surface area contributed by atoms with Crippen molar-refractivity contribution in [3.63, 3.8) is 0 Å². The zero-order valence-corrected chi connectivity index (χ0v) is 7.35. The number of halogens is 2. The maximum Gasteiger partial charge on any atom is 0.241 e. The van der Waals surface area contributed by atoms with Crippen LogP contribution >= 0.6 is 0 Å². The fourth-order valence-electron chi connectivity index (χ4n) is 2.10. The highest BCUT2D eigenvalue weighted by atomic mass is 19.3. The van der Waals surface area contributed by atoms with Crippen molar-refractivity contribution in [2.45, 2.75) is 33.6 Å². The van der Waals surface area contributed by atoms with E-state index >= 15 is 0 Å². The zero-order valence-electron chi connectivity index (χ0n) is 7.35. The minimum absolute atomic E-state index is 0.199. The fourth-order valence-corrected chi connectivity index (χ4v) is 2.10. The molecule has 0 saturated heterocycles. The third-order valence-corrected chi connectivity index (χ3v) is 3.37. The van der Waals surface area contributed by atoms with Crippen molar-refractivity contribution >= 4 is 0 Å². The van der Waals surface area contributed by atoms with Crippen molar-refractivity contribution < 1.29 is 8.78 Å². The predicted octanol–water partition coefficient (Wildman–Crippen LogP) is 3.18. The third-order valence-electron chi connectivity index (χ3n) is 3.37. The Balaban J connectivity index is 2.59. The fraction of sp³-hybridized carbons (Fsp3) is 1.00. The van der Waals surface area contributed by atoms with Gasteiger partial charge in [-0.25, -0.2) is 8.78 Å². The molecule has 1 aliphatic carbocycles. The molecule has 1 fully saturated rings. The summed E-state index contributed by atoms with van der Waals surface area (Å²) in [5.41, 5.74) is 0. The van der Waals surface area contributed by atoms with Crippen LogP contribution in [0.5, 0.6) is 0 Å². The van der Waals surface area contributed by atoms with Gasteiger partial charge >= 0.3 is 0 Å². The largest absolute Gasteiger partial charge is 0.241 e. The first-order valence-corrected chi connectivity index (χ1v) is 4.32. The second-order valence-electron chi connectivity index (χ2n) is 3.93. The molecular formula is C9H16F2. The molecule has 0 radical (unpaired) electrons. The molecule has 0 spiro atoms. The van der Waals surface area contributed by atoms with E-state index in [0.29, 0.717) is 18.3 Å². The maximum atomic E-state index is 12.3. The average molecular weight is 162 g/mol. The van der Waals surface area contributed by atoms with Gasteiger partial charge in [-0.3, -0.25) is 0 Å². The van der Waals surface area contributed by atoms with E-state index in [1.807, 2.05) is 6.92 Å². The van der Waals surface area contributed by atoms with Crippen molar-refractivity contribution in [3.8, 4) is 0 Å². The molecule has 0 heterocycles. The van der Waals surface area contributed by atoms with Gasteiger partial charge in [0.1, 0.15) is 0 Å². The Hall–Kier alpha value is -0.140. The lowest BCUT2D eigenvalue weighted by molar-refractivity contribution is 0.0552. The number of rotatable bonds is 1. The highest BCUT2D eigenvalue weighted by Gasteiger charge is 2.39. The van der Waals surface area contributed by atoms with E-state index in [0.717, 1.165) is 0 Å². The topological polar surface area (TPSA) is 0 Å². The van der Waals surface area contributed by atoms with Crippen LogP contribution in [0.15, 0.2) is 0 Å². The molecule has 0 nitrogen and oxygen atoms in total. The van der Waals surface area contributed by atoms with Gasteiger partial charge in [0.15, 0.2) is 0 Å². The molecule has 1 aliphatic rings. The van der Waals surface area contributed by atoms with Crippen molar-refractivity contribution in [2.24, 2.45) is 23.7 Å². The van der Waals surface area contributed by atoms with Crippen molar-refractivity contribution in [1.29, 1.82) is 0 Å². The van der Waals surface area contributed by atoms with E-state index < -0.39 is 6.43 Å². The van der Waals surface area contributed by atoms with Crippen LogP contribution in [0.4, 0.5) is 8.78 Å². The first-order chi connectivity index (χ1) is 5.04. The van der Waals surface area contributed by atoms with Crippen LogP contribution in [0.25, 0.3) is 0 Å². The van der Waals surface area contributed by atoms with Crippen LogP contribution in [0, 0.1) is 23.7 Å². The SMILES string of the molecule is CC1CC(C(F)F)C(C)C1C. The Morgan fingerprint density at radius 3 is 1.82 bits per heavy atom. The van der Waals surface area contributed by atoms with Gasteiger partial charge < -0.3 is 0 Å².